The fourth-order valence-electron chi connectivity index (χ4n) is 2.51. The number of anilines is 2. The van der Waals surface area contributed by atoms with Gasteiger partial charge >= 0.3 is 0 Å². The molecule has 0 radical (unpaired) electrons. The summed E-state index contributed by atoms with van der Waals surface area (Å²) in [4.78, 5) is 0. The van der Waals surface area contributed by atoms with Gasteiger partial charge in [-0.2, -0.15) is 5.10 Å². The Bertz CT molecular complexity index is 1070. The molecule has 0 amide bonds. The summed E-state index contributed by atoms with van der Waals surface area (Å²) in [6.45, 7) is 0.465. The van der Waals surface area contributed by atoms with Gasteiger partial charge in [0.1, 0.15) is 12.2 Å². The molecule has 0 aliphatic rings. The maximum Gasteiger partial charge on any atom is 0.175 e. The Balaban J connectivity index is 1.43. The van der Waals surface area contributed by atoms with Crippen molar-refractivity contribution in [2.24, 2.45) is 0 Å². The fourth-order valence-corrected chi connectivity index (χ4v) is 3.12. The van der Waals surface area contributed by atoms with Gasteiger partial charge in [-0.05, 0) is 52.4 Å². The second-order valence-electron chi connectivity index (χ2n) is 5.55. The van der Waals surface area contributed by atoms with Crippen molar-refractivity contribution >= 4 is 55.7 Å². The van der Waals surface area contributed by atoms with Gasteiger partial charge in [-0.3, -0.25) is 0 Å². The Labute approximate surface area is 163 Å². The normalized spacial score (nSPS) is 10.8. The standard InChI is InChI=1S/C17H14BrN7S/c18-13-5-1-2-6-14(13)21-17(26)20-12-9-19-24(10-12)11-25-16-8-4-3-7-15(16)22-23-25/h1-10H,11H2,(H2,20,21,26). The predicted molar refractivity (Wildman–Crippen MR) is 109 cm³/mol. The second kappa shape index (κ2) is 7.22. The largest absolute Gasteiger partial charge is 0.332 e. The molecule has 0 aliphatic carbocycles. The van der Waals surface area contributed by atoms with E-state index in [4.69, 9.17) is 12.2 Å². The maximum atomic E-state index is 5.36. The second-order valence-corrected chi connectivity index (χ2v) is 6.81. The zero-order valence-electron chi connectivity index (χ0n) is 13.5. The monoisotopic (exact) mass is 427 g/mol. The van der Waals surface area contributed by atoms with Crippen LogP contribution >= 0.6 is 28.1 Å². The molecular weight excluding hydrogens is 414 g/mol. The highest BCUT2D eigenvalue weighted by Crippen LogP contribution is 2.21. The number of para-hydroxylation sites is 2. The SMILES string of the molecule is S=C(Nc1cnn(Cn2nnc3ccccc32)c1)Nc1ccccc1Br. The van der Waals surface area contributed by atoms with E-state index in [-0.39, 0.29) is 0 Å². The molecule has 0 fully saturated rings. The molecule has 26 heavy (non-hydrogen) atoms. The van der Waals surface area contributed by atoms with Gasteiger partial charge in [-0.15, -0.1) is 5.10 Å². The van der Waals surface area contributed by atoms with Crippen LogP contribution in [-0.2, 0) is 6.67 Å². The van der Waals surface area contributed by atoms with E-state index >= 15 is 0 Å². The summed E-state index contributed by atoms with van der Waals surface area (Å²) in [6.07, 6.45) is 3.58. The van der Waals surface area contributed by atoms with Gasteiger partial charge in [-0.1, -0.05) is 29.5 Å². The first-order valence-electron chi connectivity index (χ1n) is 7.82. The Hall–Kier alpha value is -2.78. The summed E-state index contributed by atoms with van der Waals surface area (Å²) >= 11 is 8.84. The predicted octanol–water partition coefficient (Wildman–Crippen LogP) is 3.71. The number of halogens is 1. The molecule has 0 unspecified atom stereocenters. The smallest absolute Gasteiger partial charge is 0.175 e. The van der Waals surface area contributed by atoms with Gasteiger partial charge in [0, 0.05) is 4.47 Å². The Morgan fingerprint density at radius 3 is 2.77 bits per heavy atom. The summed E-state index contributed by atoms with van der Waals surface area (Å²) in [5.41, 5.74) is 3.51. The molecule has 0 bridgehead atoms. The van der Waals surface area contributed by atoms with Gasteiger partial charge in [0.2, 0.25) is 0 Å². The highest BCUT2D eigenvalue weighted by molar-refractivity contribution is 9.10. The van der Waals surface area contributed by atoms with E-state index in [0.717, 1.165) is 26.9 Å². The number of nitrogens with one attached hydrogen (secondary N) is 2. The van der Waals surface area contributed by atoms with E-state index in [9.17, 15) is 0 Å². The lowest BCUT2D eigenvalue weighted by Gasteiger charge is -2.10. The van der Waals surface area contributed by atoms with Crippen LogP contribution < -0.4 is 10.6 Å². The van der Waals surface area contributed by atoms with Crippen molar-refractivity contribution in [1.29, 1.82) is 0 Å². The van der Waals surface area contributed by atoms with E-state index in [1.165, 1.54) is 0 Å². The third-order valence-corrected chi connectivity index (χ3v) is 4.61. The minimum Gasteiger partial charge on any atom is -0.332 e. The number of rotatable bonds is 4. The first-order valence-corrected chi connectivity index (χ1v) is 9.02. The van der Waals surface area contributed by atoms with Crippen LogP contribution in [-0.4, -0.2) is 29.9 Å². The van der Waals surface area contributed by atoms with Crippen LogP contribution in [0.4, 0.5) is 11.4 Å². The van der Waals surface area contributed by atoms with Crippen molar-refractivity contribution < 1.29 is 0 Å². The van der Waals surface area contributed by atoms with Gasteiger partial charge in [0.25, 0.3) is 0 Å². The molecule has 2 heterocycles. The molecule has 4 aromatic rings. The quantitative estimate of drug-likeness (QED) is 0.483. The third-order valence-electron chi connectivity index (χ3n) is 3.71. The summed E-state index contributed by atoms with van der Waals surface area (Å²) < 4.78 is 4.51. The van der Waals surface area contributed by atoms with E-state index in [1.54, 1.807) is 15.6 Å². The molecule has 0 atom stereocenters. The molecule has 0 saturated heterocycles. The number of hydrogen-bond acceptors (Lipinski definition) is 4. The summed E-state index contributed by atoms with van der Waals surface area (Å²) in [6, 6.07) is 15.6. The number of nitrogens with zero attached hydrogens (tertiary/aromatic N) is 5. The summed E-state index contributed by atoms with van der Waals surface area (Å²) in [5, 5.41) is 19.4. The number of hydrogen-bond donors (Lipinski definition) is 2. The fraction of sp³-hybridized carbons (Fsp3) is 0.0588. The zero-order chi connectivity index (χ0) is 17.9. The van der Waals surface area contributed by atoms with E-state index in [1.807, 2.05) is 54.7 Å². The topological polar surface area (TPSA) is 72.6 Å². The van der Waals surface area contributed by atoms with Crippen molar-refractivity contribution in [3.05, 3.63) is 65.4 Å². The van der Waals surface area contributed by atoms with Crippen LogP contribution in [0.5, 0.6) is 0 Å². The first-order chi connectivity index (χ1) is 12.7. The van der Waals surface area contributed by atoms with E-state index in [2.05, 4.69) is 42.0 Å². The highest BCUT2D eigenvalue weighted by atomic mass is 79.9. The van der Waals surface area contributed by atoms with Crippen molar-refractivity contribution in [3.8, 4) is 0 Å². The van der Waals surface area contributed by atoms with Crippen LogP contribution in [0.15, 0.2) is 65.4 Å². The van der Waals surface area contributed by atoms with Crippen molar-refractivity contribution in [1.82, 2.24) is 24.8 Å². The van der Waals surface area contributed by atoms with Gasteiger partial charge < -0.3 is 10.6 Å². The lowest BCUT2D eigenvalue weighted by molar-refractivity contribution is 0.502. The Morgan fingerprint density at radius 1 is 1.08 bits per heavy atom. The lowest BCUT2D eigenvalue weighted by atomic mass is 10.3. The Morgan fingerprint density at radius 2 is 1.88 bits per heavy atom. The zero-order valence-corrected chi connectivity index (χ0v) is 15.9. The van der Waals surface area contributed by atoms with E-state index in [0.29, 0.717) is 11.8 Å². The first kappa shape index (κ1) is 16.7. The van der Waals surface area contributed by atoms with Crippen LogP contribution in [0, 0.1) is 0 Å². The molecule has 0 saturated carbocycles. The maximum absolute atomic E-state index is 5.36. The summed E-state index contributed by atoms with van der Waals surface area (Å²) in [7, 11) is 0. The number of benzene rings is 2. The van der Waals surface area contributed by atoms with Crippen LogP contribution in [0.3, 0.4) is 0 Å². The minimum atomic E-state index is 0.465. The molecule has 2 N–H and O–H groups in total. The molecule has 2 aromatic carbocycles. The molecular formula is C17H14BrN7S. The van der Waals surface area contributed by atoms with Crippen molar-refractivity contribution in [3.63, 3.8) is 0 Å². The number of thiocarbonyl (C=S) groups is 1. The van der Waals surface area contributed by atoms with Crippen LogP contribution in [0.2, 0.25) is 0 Å². The third kappa shape index (κ3) is 3.58. The lowest BCUT2D eigenvalue weighted by Crippen LogP contribution is -2.19. The molecule has 9 heteroatoms. The molecule has 2 aromatic heterocycles. The minimum absolute atomic E-state index is 0.465. The highest BCUT2D eigenvalue weighted by Gasteiger charge is 2.07. The summed E-state index contributed by atoms with van der Waals surface area (Å²) in [5.74, 6) is 0. The van der Waals surface area contributed by atoms with Gasteiger partial charge in [0.15, 0.2) is 5.11 Å². The molecule has 130 valence electrons. The van der Waals surface area contributed by atoms with Crippen molar-refractivity contribution in [2.45, 2.75) is 6.67 Å². The number of aromatic nitrogens is 5. The number of fused-ring (bicyclic) bond motifs is 1. The Kier molecular flexibility index (Phi) is 4.63. The van der Waals surface area contributed by atoms with Crippen LogP contribution in [0.25, 0.3) is 11.0 Å². The molecule has 0 spiro atoms. The van der Waals surface area contributed by atoms with Gasteiger partial charge in [-0.25, -0.2) is 9.36 Å². The molecule has 7 nitrogen and oxygen atoms in total. The average Bonchev–Trinajstić information content (AvgIpc) is 3.25. The van der Waals surface area contributed by atoms with E-state index < -0.39 is 0 Å². The molecule has 0 aliphatic heterocycles. The van der Waals surface area contributed by atoms with Gasteiger partial charge in [0.05, 0.1) is 29.3 Å². The molecule has 4 rings (SSSR count). The van der Waals surface area contributed by atoms with Crippen LogP contribution in [0.1, 0.15) is 0 Å². The average molecular weight is 428 g/mol. The van der Waals surface area contributed by atoms with Crippen molar-refractivity contribution in [2.75, 3.05) is 10.6 Å².